The minimum absolute atomic E-state index is 0.0100. The molecule has 0 saturated heterocycles. The van der Waals surface area contributed by atoms with Crippen LogP contribution in [-0.2, 0) is 16.4 Å². The van der Waals surface area contributed by atoms with E-state index in [1.165, 1.54) is 0 Å². The van der Waals surface area contributed by atoms with E-state index in [0.29, 0.717) is 11.3 Å². The summed E-state index contributed by atoms with van der Waals surface area (Å²) in [6, 6.07) is 3.62. The Kier molecular flexibility index (Phi) is 5.62. The summed E-state index contributed by atoms with van der Waals surface area (Å²) in [7, 11) is -3.03. The zero-order valence-electron chi connectivity index (χ0n) is 10.4. The van der Waals surface area contributed by atoms with Crippen LogP contribution in [0.3, 0.4) is 0 Å². The fourth-order valence-electron chi connectivity index (χ4n) is 1.54. The van der Waals surface area contributed by atoms with E-state index < -0.39 is 9.84 Å². The Bertz CT molecular complexity index is 511. The van der Waals surface area contributed by atoms with Crippen LogP contribution >= 0.6 is 15.9 Å². The minimum Gasteiger partial charge on any atom is -0.492 e. The van der Waals surface area contributed by atoms with Gasteiger partial charge in [0.25, 0.3) is 0 Å². The molecular weight excluding hydrogens is 320 g/mol. The molecule has 102 valence electrons. The second-order valence-corrected chi connectivity index (χ2v) is 7.34. The first-order chi connectivity index (χ1) is 8.39. The van der Waals surface area contributed by atoms with E-state index in [1.807, 2.05) is 13.0 Å². The SMILES string of the molecule is CCS(=O)(=O)CCOc1c(C)cc(Br)cc1CO. The fourth-order valence-corrected chi connectivity index (χ4v) is 2.78. The predicted molar refractivity (Wildman–Crippen MR) is 74.6 cm³/mol. The van der Waals surface area contributed by atoms with Gasteiger partial charge in [-0.05, 0) is 24.6 Å². The van der Waals surface area contributed by atoms with E-state index >= 15 is 0 Å². The van der Waals surface area contributed by atoms with Crippen LogP contribution in [0.5, 0.6) is 5.75 Å². The van der Waals surface area contributed by atoms with E-state index in [-0.39, 0.29) is 24.7 Å². The summed E-state index contributed by atoms with van der Waals surface area (Å²) >= 11 is 3.34. The van der Waals surface area contributed by atoms with Crippen molar-refractivity contribution in [2.24, 2.45) is 0 Å². The molecule has 0 radical (unpaired) electrons. The maximum absolute atomic E-state index is 11.3. The largest absolute Gasteiger partial charge is 0.492 e. The van der Waals surface area contributed by atoms with Crippen molar-refractivity contribution < 1.29 is 18.3 Å². The average molecular weight is 337 g/mol. The molecule has 0 heterocycles. The van der Waals surface area contributed by atoms with E-state index in [9.17, 15) is 13.5 Å². The molecule has 0 amide bonds. The standard InChI is InChI=1S/C12H17BrO4S/c1-3-18(15,16)5-4-17-12-9(2)6-11(13)7-10(12)8-14/h6-7,14H,3-5,8H2,1-2H3. The first-order valence-electron chi connectivity index (χ1n) is 5.62. The van der Waals surface area contributed by atoms with E-state index in [0.717, 1.165) is 10.0 Å². The van der Waals surface area contributed by atoms with E-state index in [4.69, 9.17) is 4.74 Å². The second kappa shape index (κ2) is 6.54. The van der Waals surface area contributed by atoms with Crippen LogP contribution in [0, 0.1) is 6.92 Å². The zero-order chi connectivity index (χ0) is 13.8. The molecule has 1 aromatic rings. The number of aryl methyl sites for hydroxylation is 1. The summed E-state index contributed by atoms with van der Waals surface area (Å²) in [5.41, 5.74) is 1.51. The molecular formula is C12H17BrO4S. The lowest BCUT2D eigenvalue weighted by Gasteiger charge is -2.13. The highest BCUT2D eigenvalue weighted by molar-refractivity contribution is 9.10. The van der Waals surface area contributed by atoms with Gasteiger partial charge in [-0.2, -0.15) is 0 Å². The highest BCUT2D eigenvalue weighted by Crippen LogP contribution is 2.28. The predicted octanol–water partition coefficient (Wildman–Crippen LogP) is 2.06. The van der Waals surface area contributed by atoms with Crippen LogP contribution in [0.1, 0.15) is 18.1 Å². The van der Waals surface area contributed by atoms with Crippen molar-refractivity contribution in [1.82, 2.24) is 0 Å². The van der Waals surface area contributed by atoms with Crippen molar-refractivity contribution >= 4 is 25.8 Å². The second-order valence-electron chi connectivity index (χ2n) is 3.95. The molecule has 1 N–H and O–H groups in total. The van der Waals surface area contributed by atoms with Crippen molar-refractivity contribution in [3.05, 3.63) is 27.7 Å². The van der Waals surface area contributed by atoms with Gasteiger partial charge in [-0.3, -0.25) is 0 Å². The number of hydrogen-bond acceptors (Lipinski definition) is 4. The van der Waals surface area contributed by atoms with Crippen LogP contribution in [0.2, 0.25) is 0 Å². The maximum Gasteiger partial charge on any atom is 0.153 e. The Morgan fingerprint density at radius 1 is 1.39 bits per heavy atom. The molecule has 6 heteroatoms. The van der Waals surface area contributed by atoms with Crippen molar-refractivity contribution in [2.75, 3.05) is 18.1 Å². The summed E-state index contributed by atoms with van der Waals surface area (Å²) in [6.07, 6.45) is 0. The quantitative estimate of drug-likeness (QED) is 0.863. The number of aliphatic hydroxyl groups excluding tert-OH is 1. The Morgan fingerprint density at radius 3 is 2.61 bits per heavy atom. The summed E-state index contributed by atoms with van der Waals surface area (Å²) in [6.45, 7) is 3.43. The minimum atomic E-state index is -3.03. The molecule has 1 rings (SSSR count). The molecule has 0 aliphatic heterocycles. The number of halogens is 1. The highest BCUT2D eigenvalue weighted by Gasteiger charge is 2.11. The number of hydrogen-bond donors (Lipinski definition) is 1. The lowest BCUT2D eigenvalue weighted by Crippen LogP contribution is -2.16. The smallest absolute Gasteiger partial charge is 0.153 e. The van der Waals surface area contributed by atoms with Crippen LogP contribution < -0.4 is 4.74 Å². The van der Waals surface area contributed by atoms with Gasteiger partial charge in [0.1, 0.15) is 12.4 Å². The average Bonchev–Trinajstić information content (AvgIpc) is 2.31. The van der Waals surface area contributed by atoms with Crippen molar-refractivity contribution in [3.8, 4) is 5.75 Å². The van der Waals surface area contributed by atoms with Gasteiger partial charge in [0.2, 0.25) is 0 Å². The maximum atomic E-state index is 11.3. The topological polar surface area (TPSA) is 63.6 Å². The Hall–Kier alpha value is -0.590. The van der Waals surface area contributed by atoms with Crippen LogP contribution in [0.4, 0.5) is 0 Å². The molecule has 0 fully saturated rings. The van der Waals surface area contributed by atoms with Gasteiger partial charge in [0, 0.05) is 15.8 Å². The lowest BCUT2D eigenvalue weighted by molar-refractivity contribution is 0.266. The molecule has 0 aliphatic rings. The van der Waals surface area contributed by atoms with Crippen molar-refractivity contribution in [1.29, 1.82) is 0 Å². The third-order valence-corrected chi connectivity index (χ3v) is 4.69. The van der Waals surface area contributed by atoms with Gasteiger partial charge in [-0.15, -0.1) is 0 Å². The molecule has 0 aliphatic carbocycles. The molecule has 0 spiro atoms. The highest BCUT2D eigenvalue weighted by atomic mass is 79.9. The number of rotatable bonds is 6. The number of ether oxygens (including phenoxy) is 1. The molecule has 18 heavy (non-hydrogen) atoms. The van der Waals surface area contributed by atoms with Gasteiger partial charge < -0.3 is 9.84 Å². The van der Waals surface area contributed by atoms with Crippen LogP contribution in [0.25, 0.3) is 0 Å². The van der Waals surface area contributed by atoms with E-state index in [2.05, 4.69) is 15.9 Å². The Balaban J connectivity index is 2.79. The van der Waals surface area contributed by atoms with E-state index in [1.54, 1.807) is 13.0 Å². The fraction of sp³-hybridized carbons (Fsp3) is 0.500. The first kappa shape index (κ1) is 15.5. The first-order valence-corrected chi connectivity index (χ1v) is 8.24. The van der Waals surface area contributed by atoms with Crippen LogP contribution in [-0.4, -0.2) is 31.6 Å². The lowest BCUT2D eigenvalue weighted by atomic mass is 10.1. The third kappa shape index (κ3) is 4.26. The summed E-state index contributed by atoms with van der Waals surface area (Å²) in [5.74, 6) is 0.666. The van der Waals surface area contributed by atoms with Gasteiger partial charge in [-0.1, -0.05) is 22.9 Å². The molecule has 0 saturated carbocycles. The number of aliphatic hydroxyl groups is 1. The molecule has 0 atom stereocenters. The summed E-state index contributed by atoms with van der Waals surface area (Å²) in [5, 5.41) is 9.25. The molecule has 0 bridgehead atoms. The normalized spacial score (nSPS) is 11.6. The Labute approximate surface area is 116 Å². The molecule has 1 aromatic carbocycles. The monoisotopic (exact) mass is 336 g/mol. The molecule has 4 nitrogen and oxygen atoms in total. The number of benzene rings is 1. The van der Waals surface area contributed by atoms with Crippen LogP contribution in [0.15, 0.2) is 16.6 Å². The van der Waals surface area contributed by atoms with Gasteiger partial charge in [0.15, 0.2) is 9.84 Å². The third-order valence-electron chi connectivity index (χ3n) is 2.57. The molecule has 0 aromatic heterocycles. The summed E-state index contributed by atoms with van der Waals surface area (Å²) < 4.78 is 29.0. The van der Waals surface area contributed by atoms with Gasteiger partial charge in [0.05, 0.1) is 12.4 Å². The van der Waals surface area contributed by atoms with Crippen molar-refractivity contribution in [2.45, 2.75) is 20.5 Å². The zero-order valence-corrected chi connectivity index (χ0v) is 12.8. The van der Waals surface area contributed by atoms with Gasteiger partial charge >= 0.3 is 0 Å². The van der Waals surface area contributed by atoms with Crippen molar-refractivity contribution in [3.63, 3.8) is 0 Å². The summed E-state index contributed by atoms with van der Waals surface area (Å²) in [4.78, 5) is 0. The number of sulfone groups is 1. The molecule has 0 unspecified atom stereocenters. The Morgan fingerprint density at radius 2 is 2.06 bits per heavy atom. The van der Waals surface area contributed by atoms with Gasteiger partial charge in [-0.25, -0.2) is 8.42 Å².